The molecule has 2 atom stereocenters. The zero-order chi connectivity index (χ0) is 20.2. The minimum Gasteiger partial charge on any atom is -0.421 e. The molecule has 1 aromatic heterocycles. The summed E-state index contributed by atoms with van der Waals surface area (Å²) in [6, 6.07) is 7.49. The maximum Gasteiger partial charge on any atom is 0.313 e. The minimum atomic E-state index is -0.650. The zero-order valence-corrected chi connectivity index (χ0v) is 16.7. The Labute approximate surface area is 170 Å². The lowest BCUT2D eigenvalue weighted by atomic mass is 9.83. The van der Waals surface area contributed by atoms with E-state index in [2.05, 4.69) is 25.7 Å². The number of carbonyl (C=O) groups is 2. The largest absolute Gasteiger partial charge is 0.421 e. The fourth-order valence-electron chi connectivity index (χ4n) is 4.42. The Balaban J connectivity index is 1.28. The van der Waals surface area contributed by atoms with Gasteiger partial charge in [-0.15, -0.1) is 10.2 Å². The highest BCUT2D eigenvalue weighted by Gasteiger charge is 2.33. The van der Waals surface area contributed by atoms with E-state index in [1.807, 2.05) is 0 Å². The van der Waals surface area contributed by atoms with Gasteiger partial charge in [-0.05, 0) is 69.0 Å². The Bertz CT molecular complexity index is 861. The quantitative estimate of drug-likeness (QED) is 0.768. The SMILES string of the molecule is Cc1nnc(-c2ccc(NC(=O)C(=O)NC[C@@H]3CCCN4CCCCC34)cc2)o1. The van der Waals surface area contributed by atoms with E-state index in [0.29, 0.717) is 36.0 Å². The molecule has 2 aliphatic rings. The summed E-state index contributed by atoms with van der Waals surface area (Å²) in [5.41, 5.74) is 1.30. The van der Waals surface area contributed by atoms with E-state index < -0.39 is 11.8 Å². The molecule has 0 bridgehead atoms. The standard InChI is InChI=1S/C21H27N5O3/c1-14-24-25-21(29-14)15-7-9-17(10-8-15)23-20(28)19(27)22-13-16-5-4-12-26-11-3-2-6-18(16)26/h7-10,16,18H,2-6,11-13H2,1H3,(H,22,27)(H,23,28)/t16-,18?/m0/s1. The van der Waals surface area contributed by atoms with Gasteiger partial charge in [-0.25, -0.2) is 0 Å². The van der Waals surface area contributed by atoms with Crippen molar-refractivity contribution in [1.82, 2.24) is 20.4 Å². The predicted molar refractivity (Wildman–Crippen MR) is 108 cm³/mol. The highest BCUT2D eigenvalue weighted by Crippen LogP contribution is 2.30. The summed E-state index contributed by atoms with van der Waals surface area (Å²) in [4.78, 5) is 27.1. The van der Waals surface area contributed by atoms with Crippen LogP contribution in [-0.4, -0.2) is 52.6 Å². The van der Waals surface area contributed by atoms with Crippen molar-refractivity contribution in [2.24, 2.45) is 5.92 Å². The molecule has 8 nitrogen and oxygen atoms in total. The number of nitrogens with one attached hydrogen (secondary N) is 2. The molecule has 2 N–H and O–H groups in total. The summed E-state index contributed by atoms with van der Waals surface area (Å²) in [5, 5.41) is 13.2. The van der Waals surface area contributed by atoms with Gasteiger partial charge in [-0.2, -0.15) is 0 Å². The molecule has 0 radical (unpaired) electrons. The number of hydrogen-bond acceptors (Lipinski definition) is 6. The summed E-state index contributed by atoms with van der Waals surface area (Å²) in [6.07, 6.45) is 5.99. The highest BCUT2D eigenvalue weighted by atomic mass is 16.4. The second kappa shape index (κ2) is 8.73. The second-order valence-electron chi connectivity index (χ2n) is 7.87. The summed E-state index contributed by atoms with van der Waals surface area (Å²) in [6.45, 7) is 4.61. The Hall–Kier alpha value is -2.74. The Morgan fingerprint density at radius 2 is 1.86 bits per heavy atom. The van der Waals surface area contributed by atoms with E-state index in [-0.39, 0.29) is 0 Å². The summed E-state index contributed by atoms with van der Waals surface area (Å²) < 4.78 is 5.38. The average molecular weight is 397 g/mol. The number of aryl methyl sites for hydroxylation is 1. The van der Waals surface area contributed by atoms with Crippen LogP contribution in [-0.2, 0) is 9.59 Å². The van der Waals surface area contributed by atoms with E-state index in [1.54, 1.807) is 31.2 Å². The number of piperidine rings is 2. The number of fused-ring (bicyclic) bond motifs is 1. The average Bonchev–Trinajstić information content (AvgIpc) is 3.18. The van der Waals surface area contributed by atoms with Crippen molar-refractivity contribution in [3.05, 3.63) is 30.2 Å². The first-order valence-corrected chi connectivity index (χ1v) is 10.3. The molecule has 2 aliphatic heterocycles. The van der Waals surface area contributed by atoms with Gasteiger partial charge in [0.1, 0.15) is 0 Å². The highest BCUT2D eigenvalue weighted by molar-refractivity contribution is 6.39. The van der Waals surface area contributed by atoms with Gasteiger partial charge in [0, 0.05) is 30.8 Å². The molecule has 29 heavy (non-hydrogen) atoms. The molecule has 2 fully saturated rings. The number of rotatable bonds is 4. The van der Waals surface area contributed by atoms with E-state index in [9.17, 15) is 9.59 Å². The lowest BCUT2D eigenvalue weighted by molar-refractivity contribution is -0.136. The molecule has 0 aliphatic carbocycles. The number of aromatic nitrogens is 2. The van der Waals surface area contributed by atoms with Crippen molar-refractivity contribution in [2.75, 3.05) is 25.0 Å². The fourth-order valence-corrected chi connectivity index (χ4v) is 4.42. The van der Waals surface area contributed by atoms with Gasteiger partial charge >= 0.3 is 11.8 Å². The Kier molecular flexibility index (Phi) is 5.89. The minimum absolute atomic E-state index is 0.419. The lowest BCUT2D eigenvalue weighted by Crippen LogP contribution is -2.51. The van der Waals surface area contributed by atoms with Gasteiger partial charge in [0.2, 0.25) is 11.8 Å². The maximum absolute atomic E-state index is 12.3. The molecule has 2 aromatic rings. The molecule has 2 amide bonds. The van der Waals surface area contributed by atoms with Crippen LogP contribution in [0.15, 0.2) is 28.7 Å². The molecule has 3 heterocycles. The lowest BCUT2D eigenvalue weighted by Gasteiger charge is -2.44. The smallest absolute Gasteiger partial charge is 0.313 e. The van der Waals surface area contributed by atoms with Crippen LogP contribution >= 0.6 is 0 Å². The summed E-state index contributed by atoms with van der Waals surface area (Å²) in [5.74, 6) is 0.0981. The normalized spacial score (nSPS) is 22.0. The summed E-state index contributed by atoms with van der Waals surface area (Å²) >= 11 is 0. The van der Waals surface area contributed by atoms with Crippen LogP contribution < -0.4 is 10.6 Å². The van der Waals surface area contributed by atoms with Crippen LogP contribution in [0.25, 0.3) is 11.5 Å². The molecule has 0 spiro atoms. The van der Waals surface area contributed by atoms with Gasteiger partial charge in [0.15, 0.2) is 0 Å². The number of carbonyl (C=O) groups excluding carboxylic acids is 2. The van der Waals surface area contributed by atoms with Crippen molar-refractivity contribution in [2.45, 2.75) is 45.1 Å². The van der Waals surface area contributed by atoms with Crippen LogP contribution in [0.4, 0.5) is 5.69 Å². The van der Waals surface area contributed by atoms with Crippen molar-refractivity contribution in [3.8, 4) is 11.5 Å². The molecule has 0 saturated carbocycles. The van der Waals surface area contributed by atoms with Crippen LogP contribution in [0.3, 0.4) is 0 Å². The molecule has 1 aromatic carbocycles. The first-order valence-electron chi connectivity index (χ1n) is 10.3. The number of benzene rings is 1. The van der Waals surface area contributed by atoms with Crippen molar-refractivity contribution < 1.29 is 14.0 Å². The molecular formula is C21H27N5O3. The topological polar surface area (TPSA) is 100 Å². The Morgan fingerprint density at radius 1 is 1.07 bits per heavy atom. The van der Waals surface area contributed by atoms with Gasteiger partial charge in [0.25, 0.3) is 0 Å². The molecule has 2 saturated heterocycles. The van der Waals surface area contributed by atoms with E-state index in [0.717, 1.165) is 31.5 Å². The van der Waals surface area contributed by atoms with Gasteiger partial charge in [-0.3, -0.25) is 9.59 Å². The zero-order valence-electron chi connectivity index (χ0n) is 16.7. The van der Waals surface area contributed by atoms with Crippen LogP contribution in [0.1, 0.15) is 38.0 Å². The predicted octanol–water partition coefficient (Wildman–Crippen LogP) is 2.36. The molecule has 4 rings (SSSR count). The third-order valence-electron chi connectivity index (χ3n) is 5.88. The van der Waals surface area contributed by atoms with Crippen LogP contribution in [0.2, 0.25) is 0 Å². The first-order chi connectivity index (χ1) is 14.1. The van der Waals surface area contributed by atoms with E-state index in [1.165, 1.54) is 19.3 Å². The Morgan fingerprint density at radius 3 is 2.62 bits per heavy atom. The van der Waals surface area contributed by atoms with Crippen LogP contribution in [0.5, 0.6) is 0 Å². The maximum atomic E-state index is 12.3. The molecule has 8 heteroatoms. The van der Waals surface area contributed by atoms with Crippen LogP contribution in [0, 0.1) is 12.8 Å². The van der Waals surface area contributed by atoms with Crippen molar-refractivity contribution >= 4 is 17.5 Å². The summed E-state index contributed by atoms with van der Waals surface area (Å²) in [7, 11) is 0. The third kappa shape index (κ3) is 4.64. The van der Waals surface area contributed by atoms with E-state index in [4.69, 9.17) is 4.42 Å². The van der Waals surface area contributed by atoms with E-state index >= 15 is 0 Å². The first kappa shape index (κ1) is 19.6. The number of anilines is 1. The number of amides is 2. The number of hydrogen-bond donors (Lipinski definition) is 2. The molecule has 154 valence electrons. The van der Waals surface area contributed by atoms with Crippen molar-refractivity contribution in [3.63, 3.8) is 0 Å². The number of nitrogens with zero attached hydrogens (tertiary/aromatic N) is 3. The van der Waals surface area contributed by atoms with Gasteiger partial charge in [0.05, 0.1) is 0 Å². The molecular weight excluding hydrogens is 370 g/mol. The molecule has 1 unspecified atom stereocenters. The monoisotopic (exact) mass is 397 g/mol. The van der Waals surface area contributed by atoms with Gasteiger partial charge in [-0.1, -0.05) is 6.42 Å². The second-order valence-corrected chi connectivity index (χ2v) is 7.87. The third-order valence-corrected chi connectivity index (χ3v) is 5.88. The van der Waals surface area contributed by atoms with Crippen molar-refractivity contribution in [1.29, 1.82) is 0 Å². The van der Waals surface area contributed by atoms with Gasteiger partial charge < -0.3 is 20.0 Å². The fraction of sp³-hybridized carbons (Fsp3) is 0.524.